The molecule has 0 amide bonds. The highest BCUT2D eigenvalue weighted by molar-refractivity contribution is 5.86. The Morgan fingerprint density at radius 3 is 2.52 bits per heavy atom. The van der Waals surface area contributed by atoms with Crippen molar-refractivity contribution in [3.63, 3.8) is 0 Å². The zero-order valence-electron chi connectivity index (χ0n) is 15.1. The fourth-order valence-corrected chi connectivity index (χ4v) is 3.38. The normalized spacial score (nSPS) is 14.7. The summed E-state index contributed by atoms with van der Waals surface area (Å²) in [6.45, 7) is 3.81. The number of halogens is 1. The van der Waals surface area contributed by atoms with Crippen LogP contribution < -0.4 is 10.2 Å². The van der Waals surface area contributed by atoms with Crippen molar-refractivity contribution in [3.05, 3.63) is 64.5 Å². The molecule has 0 unspecified atom stereocenters. The Balaban J connectivity index is 0.00000210. The van der Waals surface area contributed by atoms with Crippen LogP contribution in [-0.2, 0) is 11.3 Å². The average molecular weight is 388 g/mol. The number of benzene rings is 2. The molecule has 0 bridgehead atoms. The van der Waals surface area contributed by atoms with Gasteiger partial charge in [-0.25, -0.2) is 0 Å². The highest BCUT2D eigenvalue weighted by atomic mass is 35.5. The third-order valence-electron chi connectivity index (χ3n) is 4.79. The lowest BCUT2D eigenvalue weighted by atomic mass is 10.0. The lowest BCUT2D eigenvalue weighted by Crippen LogP contribution is -2.35. The van der Waals surface area contributed by atoms with Crippen molar-refractivity contribution in [2.45, 2.75) is 6.54 Å². The number of methoxy groups -OCH3 is 1. The maximum Gasteiger partial charge on any atom is 0.200 e. The van der Waals surface area contributed by atoms with Crippen molar-refractivity contribution < 1.29 is 13.9 Å². The molecule has 1 fully saturated rings. The van der Waals surface area contributed by atoms with Gasteiger partial charge in [0.1, 0.15) is 17.6 Å². The molecule has 1 aliphatic rings. The smallest absolute Gasteiger partial charge is 0.200 e. The summed E-state index contributed by atoms with van der Waals surface area (Å²) < 4.78 is 16.9. The average Bonchev–Trinajstić information content (AvgIpc) is 2.70. The molecular weight excluding hydrogens is 366 g/mol. The molecule has 1 saturated heterocycles. The highest BCUT2D eigenvalue weighted by Gasteiger charge is 2.19. The van der Waals surface area contributed by atoms with Crippen LogP contribution in [0.3, 0.4) is 0 Å². The van der Waals surface area contributed by atoms with E-state index in [-0.39, 0.29) is 17.8 Å². The summed E-state index contributed by atoms with van der Waals surface area (Å²) in [5.41, 5.74) is 2.90. The van der Waals surface area contributed by atoms with Gasteiger partial charge in [0.25, 0.3) is 0 Å². The zero-order valence-corrected chi connectivity index (χ0v) is 16.0. The minimum atomic E-state index is -0.0247. The Morgan fingerprint density at radius 2 is 1.81 bits per heavy atom. The summed E-state index contributed by atoms with van der Waals surface area (Å²) in [7, 11) is 1.64. The summed E-state index contributed by atoms with van der Waals surface area (Å²) >= 11 is 0. The third-order valence-corrected chi connectivity index (χ3v) is 4.79. The van der Waals surface area contributed by atoms with E-state index in [0.29, 0.717) is 23.1 Å². The Hall–Kier alpha value is -2.34. The van der Waals surface area contributed by atoms with Gasteiger partial charge in [-0.3, -0.25) is 9.69 Å². The topological polar surface area (TPSA) is 51.9 Å². The molecule has 0 aliphatic carbocycles. The van der Waals surface area contributed by atoms with Gasteiger partial charge in [0.05, 0.1) is 36.8 Å². The summed E-state index contributed by atoms with van der Waals surface area (Å²) in [5, 5.41) is 0.579. The van der Waals surface area contributed by atoms with Crippen LogP contribution >= 0.6 is 12.4 Å². The molecule has 0 spiro atoms. The Labute approximate surface area is 163 Å². The van der Waals surface area contributed by atoms with Crippen LogP contribution in [0.4, 0.5) is 0 Å². The Morgan fingerprint density at radius 1 is 1.07 bits per heavy atom. The number of rotatable bonds is 4. The summed E-state index contributed by atoms with van der Waals surface area (Å²) in [5.74, 6) is 0.736. The van der Waals surface area contributed by atoms with Gasteiger partial charge in [-0.1, -0.05) is 30.3 Å². The van der Waals surface area contributed by atoms with Crippen LogP contribution in [0, 0.1) is 0 Å². The van der Waals surface area contributed by atoms with Gasteiger partial charge in [-0.15, -0.1) is 12.4 Å². The monoisotopic (exact) mass is 387 g/mol. The largest absolute Gasteiger partial charge is 0.496 e. The van der Waals surface area contributed by atoms with Crippen molar-refractivity contribution in [1.82, 2.24) is 4.90 Å². The van der Waals surface area contributed by atoms with E-state index in [9.17, 15) is 4.79 Å². The van der Waals surface area contributed by atoms with Crippen LogP contribution in [0.5, 0.6) is 5.75 Å². The van der Waals surface area contributed by atoms with Crippen LogP contribution in [-0.4, -0.2) is 38.3 Å². The predicted molar refractivity (Wildman–Crippen MR) is 108 cm³/mol. The predicted octanol–water partition coefficient (Wildman–Crippen LogP) is 3.72. The minimum Gasteiger partial charge on any atom is -0.496 e. The maximum atomic E-state index is 13.0. The van der Waals surface area contributed by atoms with Crippen molar-refractivity contribution in [3.8, 4) is 16.9 Å². The molecule has 5 nitrogen and oxygen atoms in total. The quantitative estimate of drug-likeness (QED) is 0.682. The van der Waals surface area contributed by atoms with E-state index in [1.807, 2.05) is 36.4 Å². The van der Waals surface area contributed by atoms with Gasteiger partial charge < -0.3 is 13.9 Å². The molecular formula is C21H22ClNO4. The summed E-state index contributed by atoms with van der Waals surface area (Å²) in [6, 6.07) is 13.2. The Kier molecular flexibility index (Phi) is 6.16. The van der Waals surface area contributed by atoms with Gasteiger partial charge in [0.2, 0.25) is 5.43 Å². The van der Waals surface area contributed by atoms with Crippen molar-refractivity contribution in [2.75, 3.05) is 33.4 Å². The molecule has 0 atom stereocenters. The van der Waals surface area contributed by atoms with E-state index in [4.69, 9.17) is 13.9 Å². The van der Waals surface area contributed by atoms with Crippen molar-refractivity contribution in [1.29, 1.82) is 0 Å². The van der Waals surface area contributed by atoms with E-state index in [0.717, 1.165) is 43.2 Å². The number of nitrogens with zero attached hydrogens (tertiary/aromatic N) is 1. The highest BCUT2D eigenvalue weighted by Crippen LogP contribution is 2.30. The maximum absolute atomic E-state index is 13.0. The van der Waals surface area contributed by atoms with Crippen LogP contribution in [0.1, 0.15) is 5.56 Å². The number of ether oxygens (including phenoxy) is 2. The van der Waals surface area contributed by atoms with E-state index < -0.39 is 0 Å². The van der Waals surface area contributed by atoms with Gasteiger partial charge in [-0.2, -0.15) is 0 Å². The van der Waals surface area contributed by atoms with Crippen LogP contribution in [0.2, 0.25) is 0 Å². The summed E-state index contributed by atoms with van der Waals surface area (Å²) in [6.07, 6.45) is 1.56. The number of morpholine rings is 1. The fourth-order valence-electron chi connectivity index (χ4n) is 3.38. The number of hydrogen-bond donors (Lipinski definition) is 0. The lowest BCUT2D eigenvalue weighted by molar-refractivity contribution is 0.0339. The van der Waals surface area contributed by atoms with E-state index in [1.54, 1.807) is 19.4 Å². The van der Waals surface area contributed by atoms with Gasteiger partial charge in [0, 0.05) is 19.6 Å². The molecule has 2 aromatic carbocycles. The van der Waals surface area contributed by atoms with E-state index >= 15 is 0 Å². The van der Waals surface area contributed by atoms with Gasteiger partial charge in [-0.05, 0) is 17.7 Å². The Bertz CT molecular complexity index is 965. The van der Waals surface area contributed by atoms with Crippen molar-refractivity contribution >= 4 is 23.4 Å². The second kappa shape index (κ2) is 8.57. The SMILES string of the molecule is COc1ccc2c(=O)c(-c3ccccc3)coc2c1CN1CCOCC1.Cl. The second-order valence-electron chi connectivity index (χ2n) is 6.36. The first kappa shape index (κ1) is 19.4. The van der Waals surface area contributed by atoms with Crippen molar-refractivity contribution in [2.24, 2.45) is 0 Å². The standard InChI is InChI=1S/C21H21NO4.ClH/c1-24-19-8-7-16-20(23)18(15-5-3-2-4-6-15)14-26-21(16)17(19)13-22-9-11-25-12-10-22;/h2-8,14H,9-13H2,1H3;1H. The molecule has 27 heavy (non-hydrogen) atoms. The molecule has 1 aliphatic heterocycles. The van der Waals surface area contributed by atoms with E-state index in [2.05, 4.69) is 4.90 Å². The molecule has 3 aromatic rings. The van der Waals surface area contributed by atoms with Crippen LogP contribution in [0.25, 0.3) is 22.1 Å². The molecule has 1 aromatic heterocycles. The first-order chi connectivity index (χ1) is 12.8. The fraction of sp³-hybridized carbons (Fsp3) is 0.286. The van der Waals surface area contributed by atoms with E-state index in [1.165, 1.54) is 0 Å². The molecule has 142 valence electrons. The lowest BCUT2D eigenvalue weighted by Gasteiger charge is -2.27. The molecule has 4 rings (SSSR count). The summed E-state index contributed by atoms with van der Waals surface area (Å²) in [4.78, 5) is 15.3. The minimum absolute atomic E-state index is 0. The first-order valence-corrected chi connectivity index (χ1v) is 8.75. The van der Waals surface area contributed by atoms with Crippen LogP contribution in [0.15, 0.2) is 57.9 Å². The second-order valence-corrected chi connectivity index (χ2v) is 6.36. The molecule has 2 heterocycles. The molecule has 6 heteroatoms. The first-order valence-electron chi connectivity index (χ1n) is 8.75. The third kappa shape index (κ3) is 3.86. The molecule has 0 saturated carbocycles. The number of fused-ring (bicyclic) bond motifs is 1. The number of hydrogen-bond acceptors (Lipinski definition) is 5. The molecule has 0 N–H and O–H groups in total. The zero-order chi connectivity index (χ0) is 17.9. The molecule has 0 radical (unpaired) electrons. The van der Waals surface area contributed by atoms with Gasteiger partial charge >= 0.3 is 0 Å². The van der Waals surface area contributed by atoms with Gasteiger partial charge in [0.15, 0.2) is 0 Å².